The average Bonchev–Trinajstić information content (AvgIpc) is 2.23. The van der Waals surface area contributed by atoms with Gasteiger partial charge in [-0.3, -0.25) is 4.90 Å². The van der Waals surface area contributed by atoms with Crippen molar-refractivity contribution in [1.29, 1.82) is 0 Å². The predicted octanol–water partition coefficient (Wildman–Crippen LogP) is 2.94. The molecule has 1 atom stereocenters. The molecule has 1 aromatic heterocycles. The summed E-state index contributed by atoms with van der Waals surface area (Å²) in [5.41, 5.74) is 6.50. The molecule has 1 aromatic rings. The molecule has 0 amide bonds. The first kappa shape index (κ1) is 13.3. The summed E-state index contributed by atoms with van der Waals surface area (Å²) in [5, 5.41) is 0.685. The third kappa shape index (κ3) is 3.65. The lowest BCUT2D eigenvalue weighted by atomic mass is 10.1. The molecule has 1 unspecified atom stereocenters. The van der Waals surface area contributed by atoms with Gasteiger partial charge in [0.25, 0.3) is 0 Å². The molecule has 0 aliphatic rings. The standard InChI is InChI=1S/C12H20ClN3/c1-4-5-9(2)16(3)8-11-10(13)6-7-12(14)15-11/h6-7,9H,4-5,8H2,1-3H3,(H2,14,15). The number of anilines is 1. The number of aromatic nitrogens is 1. The van der Waals surface area contributed by atoms with Crippen LogP contribution in [0.1, 0.15) is 32.4 Å². The normalized spacial score (nSPS) is 13.1. The molecule has 0 bridgehead atoms. The van der Waals surface area contributed by atoms with Gasteiger partial charge in [-0.25, -0.2) is 4.98 Å². The van der Waals surface area contributed by atoms with Gasteiger partial charge in [-0.05, 0) is 32.5 Å². The van der Waals surface area contributed by atoms with Gasteiger partial charge in [-0.2, -0.15) is 0 Å². The predicted molar refractivity (Wildman–Crippen MR) is 69.5 cm³/mol. The molecule has 90 valence electrons. The van der Waals surface area contributed by atoms with E-state index in [9.17, 15) is 0 Å². The quantitative estimate of drug-likeness (QED) is 0.862. The first-order chi connectivity index (χ1) is 7.54. The lowest BCUT2D eigenvalue weighted by Crippen LogP contribution is -2.28. The van der Waals surface area contributed by atoms with Crippen LogP contribution in [0.25, 0.3) is 0 Å². The Morgan fingerprint density at radius 1 is 1.50 bits per heavy atom. The highest BCUT2D eigenvalue weighted by Crippen LogP contribution is 2.18. The highest BCUT2D eigenvalue weighted by Gasteiger charge is 2.11. The Hall–Kier alpha value is -0.800. The molecule has 1 heterocycles. The van der Waals surface area contributed by atoms with Crippen LogP contribution in [-0.4, -0.2) is 23.0 Å². The Morgan fingerprint density at radius 3 is 2.81 bits per heavy atom. The first-order valence-electron chi connectivity index (χ1n) is 5.65. The van der Waals surface area contributed by atoms with Crippen molar-refractivity contribution in [2.45, 2.75) is 39.3 Å². The van der Waals surface area contributed by atoms with E-state index in [4.69, 9.17) is 17.3 Å². The van der Waals surface area contributed by atoms with Gasteiger partial charge in [0.1, 0.15) is 5.82 Å². The lowest BCUT2D eigenvalue weighted by molar-refractivity contribution is 0.234. The second-order valence-corrected chi connectivity index (χ2v) is 4.62. The van der Waals surface area contributed by atoms with E-state index in [1.807, 2.05) is 0 Å². The minimum absolute atomic E-state index is 0.524. The van der Waals surface area contributed by atoms with Crippen LogP contribution in [0.3, 0.4) is 0 Å². The maximum atomic E-state index is 6.08. The number of nitrogens with two attached hydrogens (primary N) is 1. The van der Waals surface area contributed by atoms with Gasteiger partial charge in [0, 0.05) is 12.6 Å². The molecule has 1 rings (SSSR count). The fourth-order valence-corrected chi connectivity index (χ4v) is 1.81. The summed E-state index contributed by atoms with van der Waals surface area (Å²) in [6, 6.07) is 4.06. The minimum atomic E-state index is 0.524. The van der Waals surface area contributed by atoms with Crippen LogP contribution in [0, 0.1) is 0 Å². The molecule has 0 fully saturated rings. The van der Waals surface area contributed by atoms with Crippen molar-refractivity contribution in [3.8, 4) is 0 Å². The van der Waals surface area contributed by atoms with Crippen molar-refractivity contribution < 1.29 is 0 Å². The van der Waals surface area contributed by atoms with E-state index >= 15 is 0 Å². The summed E-state index contributed by atoms with van der Waals surface area (Å²) >= 11 is 6.08. The number of hydrogen-bond acceptors (Lipinski definition) is 3. The van der Waals surface area contributed by atoms with Crippen molar-refractivity contribution in [3.05, 3.63) is 22.8 Å². The van der Waals surface area contributed by atoms with E-state index in [1.54, 1.807) is 12.1 Å². The molecule has 0 aliphatic carbocycles. The zero-order valence-electron chi connectivity index (χ0n) is 10.2. The highest BCUT2D eigenvalue weighted by molar-refractivity contribution is 6.31. The molecule has 3 nitrogen and oxygen atoms in total. The maximum Gasteiger partial charge on any atom is 0.123 e. The van der Waals surface area contributed by atoms with Gasteiger partial charge in [0.2, 0.25) is 0 Å². The molecule has 4 heteroatoms. The van der Waals surface area contributed by atoms with Crippen molar-refractivity contribution in [2.24, 2.45) is 0 Å². The fraction of sp³-hybridized carbons (Fsp3) is 0.583. The van der Waals surface area contributed by atoms with Gasteiger partial charge < -0.3 is 5.73 Å². The average molecular weight is 242 g/mol. The van der Waals surface area contributed by atoms with Gasteiger partial charge >= 0.3 is 0 Å². The van der Waals surface area contributed by atoms with Crippen LogP contribution in [0.4, 0.5) is 5.82 Å². The zero-order valence-corrected chi connectivity index (χ0v) is 11.0. The maximum absolute atomic E-state index is 6.08. The molecule has 0 aromatic carbocycles. The zero-order chi connectivity index (χ0) is 12.1. The van der Waals surface area contributed by atoms with Crippen molar-refractivity contribution >= 4 is 17.4 Å². The summed E-state index contributed by atoms with van der Waals surface area (Å²) in [7, 11) is 2.08. The van der Waals surface area contributed by atoms with E-state index in [0.29, 0.717) is 16.9 Å². The number of nitrogen functional groups attached to an aromatic ring is 1. The Labute approximate surface area is 103 Å². The van der Waals surface area contributed by atoms with E-state index in [-0.39, 0.29) is 0 Å². The molecule has 0 saturated carbocycles. The monoisotopic (exact) mass is 241 g/mol. The summed E-state index contributed by atoms with van der Waals surface area (Å²) in [6.07, 6.45) is 2.36. The number of pyridine rings is 1. The molecule has 0 spiro atoms. The fourth-order valence-electron chi connectivity index (χ4n) is 1.64. The first-order valence-corrected chi connectivity index (χ1v) is 6.03. The molecule has 0 saturated heterocycles. The van der Waals surface area contributed by atoms with Crippen molar-refractivity contribution in [2.75, 3.05) is 12.8 Å². The summed E-state index contributed by atoms with van der Waals surface area (Å²) in [6.45, 7) is 5.14. The van der Waals surface area contributed by atoms with Gasteiger partial charge in [-0.15, -0.1) is 0 Å². The van der Waals surface area contributed by atoms with Gasteiger partial charge in [-0.1, -0.05) is 24.9 Å². The highest BCUT2D eigenvalue weighted by atomic mass is 35.5. The summed E-state index contributed by atoms with van der Waals surface area (Å²) in [5.74, 6) is 0.524. The van der Waals surface area contributed by atoms with Gasteiger partial charge in [0.15, 0.2) is 0 Å². The number of rotatable bonds is 5. The van der Waals surface area contributed by atoms with Crippen LogP contribution in [-0.2, 0) is 6.54 Å². The van der Waals surface area contributed by atoms with E-state index < -0.39 is 0 Å². The van der Waals surface area contributed by atoms with Crippen molar-refractivity contribution in [3.63, 3.8) is 0 Å². The van der Waals surface area contributed by atoms with Crippen LogP contribution in [0.15, 0.2) is 12.1 Å². The Kier molecular flexibility index (Phi) is 5.03. The van der Waals surface area contributed by atoms with Crippen molar-refractivity contribution in [1.82, 2.24) is 9.88 Å². The second kappa shape index (κ2) is 6.06. The third-order valence-corrected chi connectivity index (χ3v) is 3.14. The van der Waals surface area contributed by atoms with Crippen LogP contribution >= 0.6 is 11.6 Å². The van der Waals surface area contributed by atoms with Crippen LogP contribution in [0.2, 0.25) is 5.02 Å². The van der Waals surface area contributed by atoms with Crippen LogP contribution in [0.5, 0.6) is 0 Å². The number of hydrogen-bond donors (Lipinski definition) is 1. The van der Waals surface area contributed by atoms with Gasteiger partial charge in [0.05, 0.1) is 10.7 Å². The number of halogens is 1. The largest absolute Gasteiger partial charge is 0.384 e. The van der Waals surface area contributed by atoms with E-state index in [0.717, 1.165) is 12.2 Å². The molecule has 0 aliphatic heterocycles. The second-order valence-electron chi connectivity index (χ2n) is 4.22. The van der Waals surface area contributed by atoms with Crippen LogP contribution < -0.4 is 5.73 Å². The summed E-state index contributed by atoms with van der Waals surface area (Å²) < 4.78 is 0. The Morgan fingerprint density at radius 2 is 2.19 bits per heavy atom. The molecular formula is C12H20ClN3. The lowest BCUT2D eigenvalue weighted by Gasteiger charge is -2.24. The molecule has 16 heavy (non-hydrogen) atoms. The molecule has 2 N–H and O–H groups in total. The number of nitrogens with zero attached hydrogens (tertiary/aromatic N) is 2. The van der Waals surface area contributed by atoms with E-state index in [2.05, 4.69) is 30.8 Å². The molecular weight excluding hydrogens is 222 g/mol. The Balaban J connectivity index is 2.68. The van der Waals surface area contributed by atoms with E-state index in [1.165, 1.54) is 12.8 Å². The third-order valence-electron chi connectivity index (χ3n) is 2.80. The smallest absolute Gasteiger partial charge is 0.123 e. The Bertz CT molecular complexity index is 341. The minimum Gasteiger partial charge on any atom is -0.384 e. The SMILES string of the molecule is CCCC(C)N(C)Cc1nc(N)ccc1Cl. The summed E-state index contributed by atoms with van der Waals surface area (Å²) in [4.78, 5) is 6.51. The molecule has 0 radical (unpaired) electrons. The topological polar surface area (TPSA) is 42.2 Å².